The van der Waals surface area contributed by atoms with Crippen molar-refractivity contribution in [2.45, 2.75) is 65.4 Å². The van der Waals surface area contributed by atoms with Gasteiger partial charge in [-0.05, 0) is 159 Å². The lowest BCUT2D eigenvalue weighted by Gasteiger charge is -2.48. The Morgan fingerprint density at radius 3 is 0.896 bits per heavy atom. The van der Waals surface area contributed by atoms with Gasteiger partial charge in [-0.25, -0.2) is 0 Å². The van der Waals surface area contributed by atoms with E-state index in [0.29, 0.717) is 0 Å². The molecule has 0 saturated carbocycles. The number of anilines is 6. The van der Waals surface area contributed by atoms with Gasteiger partial charge in [-0.15, -0.1) is 0 Å². The first-order chi connectivity index (χ1) is 56.7. The Bertz CT molecular complexity index is 6660. The van der Waals surface area contributed by atoms with Gasteiger partial charge >= 0.3 is 0 Å². The van der Waals surface area contributed by atoms with Crippen LogP contribution < -0.4 is 59.0 Å². The molecule has 6 aliphatic rings. The van der Waals surface area contributed by atoms with Gasteiger partial charge in [0.1, 0.15) is 0 Å². The summed E-state index contributed by atoms with van der Waals surface area (Å²) in [6, 6.07) is 143. The van der Waals surface area contributed by atoms with Gasteiger partial charge in [-0.1, -0.05) is 412 Å². The van der Waals surface area contributed by atoms with Crippen LogP contribution in [0.2, 0.25) is 0 Å². The molecule has 538 valence electrons. The van der Waals surface area contributed by atoms with Gasteiger partial charge in [0, 0.05) is 84.2 Å². The van der Waals surface area contributed by atoms with Crippen molar-refractivity contribution >= 4 is 150 Å². The highest BCUT2D eigenvalue weighted by Crippen LogP contribution is 2.57. The van der Waals surface area contributed by atoms with Crippen LogP contribution >= 0.6 is 47.0 Å². The normalized spacial score (nSPS) is 13.5. The second-order valence-electron chi connectivity index (χ2n) is 32.0. The Kier molecular flexibility index (Phi) is 16.3. The summed E-state index contributed by atoms with van der Waals surface area (Å²) in [5.41, 5.74) is 39.2. The number of nitrogens with zero attached hydrogens (tertiary/aromatic N) is 2. The maximum absolute atomic E-state index is 2.79. The summed E-state index contributed by atoms with van der Waals surface area (Å²) in [7, 11) is 0. The topological polar surface area (TPSA) is 6.48 Å². The molecule has 0 aromatic heterocycles. The number of fused-ring (bicyclic) bond motifs is 14. The fourth-order valence-electron chi connectivity index (χ4n) is 19.2. The van der Waals surface area contributed by atoms with Gasteiger partial charge in [-0.3, -0.25) is 0 Å². The maximum Gasteiger partial charge on any atom is 0.253 e. The quantitative estimate of drug-likeness (QED) is 0.125. The Labute approximate surface area is 690 Å². The van der Waals surface area contributed by atoms with Gasteiger partial charge < -0.3 is 9.80 Å². The molecule has 0 atom stereocenters. The van der Waals surface area contributed by atoms with Crippen molar-refractivity contribution in [1.82, 2.24) is 0 Å². The molecule has 17 aromatic rings. The average Bonchev–Trinajstić information content (AvgIpc) is 0.671. The zero-order valence-electron chi connectivity index (χ0n) is 63.6. The second kappa shape index (κ2) is 27.3. The van der Waals surface area contributed by atoms with Crippen LogP contribution in [0.25, 0.3) is 89.0 Å². The first-order valence-corrected chi connectivity index (χ1v) is 43.1. The minimum absolute atomic E-state index is 0.0301. The highest BCUT2D eigenvalue weighted by Gasteiger charge is 2.52. The zero-order valence-corrected chi connectivity index (χ0v) is 66.8. The Morgan fingerprint density at radius 2 is 0.504 bits per heavy atom. The van der Waals surface area contributed by atoms with Crippen molar-refractivity contribution in [2.75, 3.05) is 9.80 Å². The third-order valence-electron chi connectivity index (χ3n) is 24.4. The van der Waals surface area contributed by atoms with Crippen molar-refractivity contribution < 1.29 is 0 Å². The summed E-state index contributed by atoms with van der Waals surface area (Å²) in [6.07, 6.45) is 0. The Balaban J connectivity index is 0.861. The van der Waals surface area contributed by atoms with Crippen molar-refractivity contribution in [1.29, 1.82) is 0 Å². The van der Waals surface area contributed by atoms with E-state index in [-0.39, 0.29) is 25.6 Å². The van der Waals surface area contributed by atoms with Crippen molar-refractivity contribution in [3.8, 4) is 89.0 Å². The predicted molar refractivity (Wildman–Crippen MR) is 494 cm³/mol. The van der Waals surface area contributed by atoms with E-state index in [4.69, 9.17) is 0 Å². The van der Waals surface area contributed by atoms with Crippen LogP contribution in [-0.4, -0.2) is 20.1 Å². The van der Waals surface area contributed by atoms with Gasteiger partial charge in [-0.2, -0.15) is 0 Å². The molecule has 0 saturated heterocycles. The van der Waals surface area contributed by atoms with Crippen LogP contribution in [0.4, 0.5) is 34.1 Å². The molecule has 0 amide bonds. The number of hydrogen-bond donors (Lipinski definition) is 0. The summed E-state index contributed by atoms with van der Waals surface area (Å²) in [5, 5.41) is 0. The van der Waals surface area contributed by atoms with Crippen molar-refractivity contribution in [2.24, 2.45) is 0 Å². The molecule has 0 bridgehead atoms. The van der Waals surface area contributed by atoms with Crippen LogP contribution in [0.3, 0.4) is 0 Å². The molecule has 0 N–H and O–H groups in total. The summed E-state index contributed by atoms with van der Waals surface area (Å²) < 4.78 is 0. The summed E-state index contributed by atoms with van der Waals surface area (Å²) in [6.45, 7) is 6.75. The third kappa shape index (κ3) is 11.2. The van der Waals surface area contributed by atoms with E-state index in [2.05, 4.69) is 407 Å². The van der Waals surface area contributed by atoms with Gasteiger partial charge in [0.25, 0.3) is 6.71 Å². The van der Waals surface area contributed by atoms with Crippen LogP contribution in [0.15, 0.2) is 415 Å². The molecule has 9 heteroatoms. The van der Waals surface area contributed by atoms with E-state index in [9.17, 15) is 0 Å². The second-order valence-corrected chi connectivity index (χ2v) is 36.3. The van der Waals surface area contributed by atoms with E-state index in [1.807, 2.05) is 47.0 Å². The highest BCUT2D eigenvalue weighted by atomic mass is 32.2. The summed E-state index contributed by atoms with van der Waals surface area (Å²) in [5.74, 6) is 0. The minimum atomic E-state index is -0.310. The lowest BCUT2D eigenvalue weighted by atomic mass is 9.30. The molecule has 6 aliphatic heterocycles. The minimum Gasteiger partial charge on any atom is -0.310 e. The molecule has 17 aromatic carbocycles. The first kappa shape index (κ1) is 68.5. The van der Waals surface area contributed by atoms with E-state index >= 15 is 0 Å². The highest BCUT2D eigenvalue weighted by molar-refractivity contribution is 8.03. The van der Waals surface area contributed by atoms with Crippen LogP contribution in [0.5, 0.6) is 0 Å². The van der Waals surface area contributed by atoms with Crippen LogP contribution in [-0.2, 0) is 5.41 Å². The molecular formula is C106H71B3N2S4. The molecule has 0 aliphatic carbocycles. The summed E-state index contributed by atoms with van der Waals surface area (Å²) >= 11 is 8.01. The van der Waals surface area contributed by atoms with Crippen molar-refractivity contribution in [3.05, 3.63) is 382 Å². The molecule has 115 heavy (non-hydrogen) atoms. The van der Waals surface area contributed by atoms with Crippen LogP contribution in [0.1, 0.15) is 26.3 Å². The zero-order chi connectivity index (χ0) is 76.1. The van der Waals surface area contributed by atoms with Gasteiger partial charge in [0.05, 0.1) is 11.4 Å². The standard InChI is InChI=1S/C106H71B3N2S4/c1-106(2,3)78-62-88-97-89(63-78)111(103-81(72-42-24-10-25-43-72)48-29-49-82(103)73-44-26-11-27-45-73)90-64-94-100-104(98(90)108(97)83-58-74(66-30-12-4-13-31-66)50-54-87(83)110(88)102-79(70-38-20-8-21-39-70)46-28-47-80(102)71-40-22-9-23-41-71)114-93-57-53-77(69-36-18-7-19-37-69)61-86(93)109(100)101-96(113-94)65-95-99-105(101)115-92-56-52-76(68-34-16-6-17-35-68)60-85(92)107(99)84-59-75(51-55-91(84)112-95)67-32-14-5-15-33-67/h4-65H,1-3H3. The largest absolute Gasteiger partial charge is 0.310 e. The first-order valence-electron chi connectivity index (χ1n) is 39.9. The molecule has 23 rings (SSSR count). The van der Waals surface area contributed by atoms with E-state index in [1.165, 1.54) is 161 Å². The number of para-hydroxylation sites is 2. The van der Waals surface area contributed by atoms with Gasteiger partial charge in [0.15, 0.2) is 0 Å². The molecule has 0 fully saturated rings. The predicted octanol–water partition coefficient (Wildman–Crippen LogP) is 23.3. The monoisotopic (exact) mass is 1530 g/mol. The Hall–Kier alpha value is -12.1. The average molecular weight is 1530 g/mol. The lowest BCUT2D eigenvalue weighted by Crippen LogP contribution is -2.67. The molecule has 0 unspecified atom stereocenters. The van der Waals surface area contributed by atoms with Crippen molar-refractivity contribution in [3.63, 3.8) is 0 Å². The molecule has 6 heterocycles. The number of hydrogen-bond acceptors (Lipinski definition) is 6. The van der Waals surface area contributed by atoms with E-state index < -0.39 is 0 Å². The maximum atomic E-state index is 2.79. The van der Waals surface area contributed by atoms with Gasteiger partial charge in [0.2, 0.25) is 13.4 Å². The Morgan fingerprint density at radius 1 is 0.209 bits per heavy atom. The molecule has 2 nitrogen and oxygen atoms in total. The molecule has 0 spiro atoms. The summed E-state index contributed by atoms with van der Waals surface area (Å²) in [4.78, 5) is 16.1. The fraction of sp³-hybridized carbons (Fsp3) is 0.0377. The molecule has 0 radical (unpaired) electrons. The van der Waals surface area contributed by atoms with E-state index in [0.717, 1.165) is 55.9 Å². The smallest absolute Gasteiger partial charge is 0.253 e. The third-order valence-corrected chi connectivity index (χ3v) is 29.2. The lowest BCUT2D eigenvalue weighted by molar-refractivity contribution is 0.590. The number of benzene rings is 17. The molecular weight excluding hydrogens is 1460 g/mol. The van der Waals surface area contributed by atoms with E-state index in [1.54, 1.807) is 0 Å². The fourth-order valence-corrected chi connectivity index (χ4v) is 24.5. The SMILES string of the molecule is CC(C)(C)c1cc2c3c(c1)N(c1c(-c4ccccc4)cccc1-c1ccccc1)c1cc4c5c(c1B3c1cc(-c3ccccc3)ccc1N2c1c(-c2ccccc2)cccc1-c1ccccc1)Sc1ccc(-c2ccccc2)cc1B5c1c(cc2c3c1Sc1ccc(-c5ccccc5)cc1B3c1cc(-c3ccccc3)ccc1S2)S4. The van der Waals surface area contributed by atoms with Crippen LogP contribution in [0, 0.1) is 0 Å². The number of rotatable bonds is 10.